The minimum Gasteiger partial charge on any atom is -0.490 e. The molecule has 0 fully saturated rings. The lowest BCUT2D eigenvalue weighted by Crippen LogP contribution is -2.27. The fourth-order valence-corrected chi connectivity index (χ4v) is 1.46. The number of likely N-dealkylation sites (N-methyl/N-ethyl adjacent to an activating group) is 1. The second kappa shape index (κ2) is 8.66. The van der Waals surface area contributed by atoms with E-state index in [1.54, 1.807) is 32.3 Å². The Bertz CT molecular complexity index is 556. The van der Waals surface area contributed by atoms with Crippen LogP contribution in [0.15, 0.2) is 23.3 Å². The van der Waals surface area contributed by atoms with Gasteiger partial charge in [-0.3, -0.25) is 9.59 Å². The van der Waals surface area contributed by atoms with Gasteiger partial charge in [-0.2, -0.15) is 5.10 Å². The highest BCUT2D eigenvalue weighted by atomic mass is 16.5. The Morgan fingerprint density at radius 2 is 2.00 bits per heavy atom. The van der Waals surface area contributed by atoms with Crippen molar-refractivity contribution >= 4 is 18.0 Å². The van der Waals surface area contributed by atoms with Crippen molar-refractivity contribution in [1.82, 2.24) is 10.3 Å². The standard InChI is InChI=1S/C15H21N3O4/c1-5-21-14-8-12(9-16-17-11(2)19)6-7-13(14)22-10-15(20)18(3)4/h6-9H,5,10H2,1-4H3,(H,17,19)/b16-9-. The molecule has 22 heavy (non-hydrogen) atoms. The maximum absolute atomic E-state index is 11.6. The molecule has 0 bridgehead atoms. The molecule has 0 saturated carbocycles. The van der Waals surface area contributed by atoms with E-state index in [0.717, 1.165) is 5.56 Å². The number of hydrogen-bond donors (Lipinski definition) is 1. The lowest BCUT2D eigenvalue weighted by Gasteiger charge is -2.14. The van der Waals surface area contributed by atoms with Gasteiger partial charge in [0.05, 0.1) is 12.8 Å². The van der Waals surface area contributed by atoms with Gasteiger partial charge in [0.1, 0.15) is 0 Å². The Morgan fingerprint density at radius 3 is 2.59 bits per heavy atom. The predicted octanol–water partition coefficient (Wildman–Crippen LogP) is 1.02. The number of hydrazone groups is 1. The fourth-order valence-electron chi connectivity index (χ4n) is 1.46. The van der Waals surface area contributed by atoms with Gasteiger partial charge in [0, 0.05) is 21.0 Å². The molecule has 0 aliphatic carbocycles. The highest BCUT2D eigenvalue weighted by Crippen LogP contribution is 2.28. The maximum Gasteiger partial charge on any atom is 0.259 e. The third kappa shape index (κ3) is 5.82. The van der Waals surface area contributed by atoms with E-state index in [4.69, 9.17) is 9.47 Å². The van der Waals surface area contributed by atoms with E-state index in [2.05, 4.69) is 10.5 Å². The van der Waals surface area contributed by atoms with Gasteiger partial charge in [-0.1, -0.05) is 0 Å². The normalized spacial score (nSPS) is 10.4. The first-order valence-electron chi connectivity index (χ1n) is 6.83. The van der Waals surface area contributed by atoms with Crippen molar-refractivity contribution in [3.05, 3.63) is 23.8 Å². The van der Waals surface area contributed by atoms with Crippen LogP contribution in [0.1, 0.15) is 19.4 Å². The Hall–Kier alpha value is -2.57. The quantitative estimate of drug-likeness (QED) is 0.602. The SMILES string of the molecule is CCOc1cc(/C=N\NC(C)=O)ccc1OCC(=O)N(C)C. The van der Waals surface area contributed by atoms with Gasteiger partial charge in [0.15, 0.2) is 18.1 Å². The number of ether oxygens (including phenoxy) is 2. The zero-order valence-corrected chi connectivity index (χ0v) is 13.3. The van der Waals surface area contributed by atoms with E-state index in [1.807, 2.05) is 6.92 Å². The molecule has 1 rings (SSSR count). The summed E-state index contributed by atoms with van der Waals surface area (Å²) in [6, 6.07) is 5.18. The Balaban J connectivity index is 2.83. The van der Waals surface area contributed by atoms with Crippen LogP contribution in [0, 0.1) is 0 Å². The lowest BCUT2D eigenvalue weighted by atomic mass is 10.2. The number of carbonyl (C=O) groups is 2. The summed E-state index contributed by atoms with van der Waals surface area (Å²) in [5, 5.41) is 3.79. The molecule has 0 spiro atoms. The summed E-state index contributed by atoms with van der Waals surface area (Å²) in [4.78, 5) is 23.8. The van der Waals surface area contributed by atoms with Gasteiger partial charge in [-0.15, -0.1) is 0 Å². The molecule has 0 aliphatic rings. The van der Waals surface area contributed by atoms with Crippen molar-refractivity contribution in [3.63, 3.8) is 0 Å². The molecule has 7 heteroatoms. The van der Waals surface area contributed by atoms with E-state index in [0.29, 0.717) is 18.1 Å². The maximum atomic E-state index is 11.6. The number of amides is 2. The van der Waals surface area contributed by atoms with Crippen LogP contribution in [0.5, 0.6) is 11.5 Å². The molecule has 0 aliphatic heterocycles. The predicted molar refractivity (Wildman–Crippen MR) is 83.2 cm³/mol. The van der Waals surface area contributed by atoms with Crippen molar-refractivity contribution in [1.29, 1.82) is 0 Å². The van der Waals surface area contributed by atoms with E-state index in [9.17, 15) is 9.59 Å². The molecule has 0 atom stereocenters. The first kappa shape index (κ1) is 17.5. The average molecular weight is 307 g/mol. The number of hydrogen-bond acceptors (Lipinski definition) is 5. The summed E-state index contributed by atoms with van der Waals surface area (Å²) < 4.78 is 11.0. The molecular formula is C15H21N3O4. The van der Waals surface area contributed by atoms with Crippen molar-refractivity contribution in [2.45, 2.75) is 13.8 Å². The summed E-state index contributed by atoms with van der Waals surface area (Å²) in [6.07, 6.45) is 1.50. The minimum absolute atomic E-state index is 0.0631. The molecule has 1 aromatic carbocycles. The van der Waals surface area contributed by atoms with Crippen LogP contribution in [0.4, 0.5) is 0 Å². The number of rotatable bonds is 7. The molecule has 2 amide bonds. The van der Waals surface area contributed by atoms with Gasteiger partial charge in [-0.25, -0.2) is 5.43 Å². The summed E-state index contributed by atoms with van der Waals surface area (Å²) >= 11 is 0. The number of carbonyl (C=O) groups excluding carboxylic acids is 2. The molecule has 0 aromatic heterocycles. The van der Waals surface area contributed by atoms with E-state index in [1.165, 1.54) is 18.0 Å². The van der Waals surface area contributed by atoms with Gasteiger partial charge in [0.2, 0.25) is 5.91 Å². The minimum atomic E-state index is -0.247. The third-order valence-corrected chi connectivity index (χ3v) is 2.55. The molecule has 0 heterocycles. The number of nitrogens with one attached hydrogen (secondary N) is 1. The van der Waals surface area contributed by atoms with Crippen LogP contribution in [-0.4, -0.2) is 50.2 Å². The Kier molecular flexibility index (Phi) is 6.88. The number of nitrogens with zero attached hydrogens (tertiary/aromatic N) is 2. The second-order valence-corrected chi connectivity index (χ2v) is 4.64. The summed E-state index contributed by atoms with van der Waals surface area (Å²) in [5.41, 5.74) is 3.06. The first-order valence-corrected chi connectivity index (χ1v) is 6.83. The smallest absolute Gasteiger partial charge is 0.259 e. The van der Waals surface area contributed by atoms with E-state index < -0.39 is 0 Å². The summed E-state index contributed by atoms with van der Waals surface area (Å²) in [6.45, 7) is 3.63. The summed E-state index contributed by atoms with van der Waals surface area (Å²) in [5.74, 6) is 0.608. The highest BCUT2D eigenvalue weighted by Gasteiger charge is 2.10. The van der Waals surface area contributed by atoms with Crippen LogP contribution >= 0.6 is 0 Å². The lowest BCUT2D eigenvalue weighted by molar-refractivity contribution is -0.130. The highest BCUT2D eigenvalue weighted by molar-refractivity contribution is 5.82. The van der Waals surface area contributed by atoms with Crippen molar-refractivity contribution in [2.75, 3.05) is 27.3 Å². The molecule has 1 aromatic rings. The molecule has 0 saturated heterocycles. The Morgan fingerprint density at radius 1 is 1.27 bits per heavy atom. The van der Waals surface area contributed by atoms with E-state index >= 15 is 0 Å². The molecule has 7 nitrogen and oxygen atoms in total. The molecule has 120 valence electrons. The fraction of sp³-hybridized carbons (Fsp3) is 0.400. The van der Waals surface area contributed by atoms with Gasteiger partial charge >= 0.3 is 0 Å². The van der Waals surface area contributed by atoms with Crippen LogP contribution in [0.3, 0.4) is 0 Å². The molecular weight excluding hydrogens is 286 g/mol. The van der Waals surface area contributed by atoms with Crippen molar-refractivity contribution in [3.8, 4) is 11.5 Å². The zero-order chi connectivity index (χ0) is 16.5. The van der Waals surface area contributed by atoms with Gasteiger partial charge in [0.25, 0.3) is 5.91 Å². The summed E-state index contributed by atoms with van der Waals surface area (Å²) in [7, 11) is 3.33. The van der Waals surface area contributed by atoms with Crippen molar-refractivity contribution in [2.24, 2.45) is 5.10 Å². The van der Waals surface area contributed by atoms with Crippen molar-refractivity contribution < 1.29 is 19.1 Å². The number of benzene rings is 1. The topological polar surface area (TPSA) is 80.2 Å². The van der Waals surface area contributed by atoms with Gasteiger partial charge < -0.3 is 14.4 Å². The molecule has 1 N–H and O–H groups in total. The van der Waals surface area contributed by atoms with Gasteiger partial charge in [-0.05, 0) is 30.7 Å². The van der Waals surface area contributed by atoms with Crippen LogP contribution in [0.2, 0.25) is 0 Å². The van der Waals surface area contributed by atoms with Crippen LogP contribution in [-0.2, 0) is 9.59 Å². The second-order valence-electron chi connectivity index (χ2n) is 4.64. The largest absolute Gasteiger partial charge is 0.490 e. The molecule has 0 radical (unpaired) electrons. The zero-order valence-electron chi connectivity index (χ0n) is 13.3. The monoisotopic (exact) mass is 307 g/mol. The third-order valence-electron chi connectivity index (χ3n) is 2.55. The molecule has 0 unspecified atom stereocenters. The average Bonchev–Trinajstić information content (AvgIpc) is 2.46. The first-order chi connectivity index (χ1) is 10.4. The van der Waals surface area contributed by atoms with Crippen LogP contribution in [0.25, 0.3) is 0 Å². The Labute approximate surface area is 129 Å². The van der Waals surface area contributed by atoms with E-state index in [-0.39, 0.29) is 18.4 Å². The van der Waals surface area contributed by atoms with Crippen LogP contribution < -0.4 is 14.9 Å².